The predicted octanol–water partition coefficient (Wildman–Crippen LogP) is 23.4. The minimum atomic E-state index is -4.96. The van der Waals surface area contributed by atoms with Crippen molar-refractivity contribution in [2.75, 3.05) is 39.6 Å². The predicted molar refractivity (Wildman–Crippen MR) is 400 cm³/mol. The molecule has 0 saturated heterocycles. The van der Waals surface area contributed by atoms with Crippen molar-refractivity contribution in [3.05, 3.63) is 0 Å². The second-order valence-corrected chi connectivity index (χ2v) is 32.6. The molecule has 0 aliphatic rings. The fourth-order valence-corrected chi connectivity index (χ4v) is 13.7. The van der Waals surface area contributed by atoms with Gasteiger partial charge in [-0.05, 0) is 43.4 Å². The van der Waals surface area contributed by atoms with Crippen LogP contribution in [0.1, 0.15) is 408 Å². The number of hydrogen-bond acceptors (Lipinski definition) is 15. The summed E-state index contributed by atoms with van der Waals surface area (Å²) < 4.78 is 68.6. The van der Waals surface area contributed by atoms with E-state index in [-0.39, 0.29) is 25.7 Å². The minimum Gasteiger partial charge on any atom is -0.462 e. The van der Waals surface area contributed by atoms with Gasteiger partial charge in [0, 0.05) is 25.7 Å². The lowest BCUT2D eigenvalue weighted by Crippen LogP contribution is -2.30. The number of hydrogen-bond donors (Lipinski definition) is 3. The summed E-state index contributed by atoms with van der Waals surface area (Å²) in [5, 5.41) is 10.6. The van der Waals surface area contributed by atoms with E-state index in [4.69, 9.17) is 37.0 Å². The Morgan fingerprint density at radius 2 is 0.520 bits per heavy atom. The number of aliphatic hydroxyl groups is 1. The van der Waals surface area contributed by atoms with E-state index in [0.717, 1.165) is 108 Å². The summed E-state index contributed by atoms with van der Waals surface area (Å²) in [6.45, 7) is 12.0. The second kappa shape index (κ2) is 69.4. The number of esters is 4. The van der Waals surface area contributed by atoms with Gasteiger partial charge in [0.1, 0.15) is 19.3 Å². The molecule has 0 aliphatic heterocycles. The maximum atomic E-state index is 13.1. The molecule has 3 unspecified atom stereocenters. The Morgan fingerprint density at radius 1 is 0.296 bits per heavy atom. The molecule has 17 nitrogen and oxygen atoms in total. The van der Waals surface area contributed by atoms with Gasteiger partial charge in [-0.1, -0.05) is 357 Å². The summed E-state index contributed by atoms with van der Waals surface area (Å²) >= 11 is 0. The third-order valence-electron chi connectivity index (χ3n) is 18.7. The summed E-state index contributed by atoms with van der Waals surface area (Å²) in [4.78, 5) is 72.9. The fraction of sp³-hybridized carbons (Fsp3) is 0.949. The van der Waals surface area contributed by atoms with Gasteiger partial charge in [0.2, 0.25) is 0 Å². The summed E-state index contributed by atoms with van der Waals surface area (Å²) in [6.07, 6.45) is 56.7. The highest BCUT2D eigenvalue weighted by atomic mass is 31.2. The zero-order chi connectivity index (χ0) is 72.3. The molecular formula is C79H154O17P2. The van der Waals surface area contributed by atoms with Crippen molar-refractivity contribution in [3.8, 4) is 0 Å². The molecule has 0 amide bonds. The van der Waals surface area contributed by atoms with Gasteiger partial charge in [-0.25, -0.2) is 9.13 Å². The van der Waals surface area contributed by atoms with Crippen LogP contribution in [0, 0.1) is 17.8 Å². The van der Waals surface area contributed by atoms with Crippen LogP contribution in [-0.4, -0.2) is 96.7 Å². The number of aliphatic hydroxyl groups excluding tert-OH is 1. The van der Waals surface area contributed by atoms with Gasteiger partial charge in [0.15, 0.2) is 12.2 Å². The van der Waals surface area contributed by atoms with Crippen LogP contribution in [0.4, 0.5) is 0 Å². The molecule has 0 heterocycles. The van der Waals surface area contributed by atoms with E-state index in [1.54, 1.807) is 0 Å². The number of rotatable bonds is 77. The fourth-order valence-electron chi connectivity index (χ4n) is 12.1. The van der Waals surface area contributed by atoms with Gasteiger partial charge in [0.05, 0.1) is 26.4 Å². The van der Waals surface area contributed by atoms with Crippen LogP contribution in [-0.2, 0) is 65.4 Å². The highest BCUT2D eigenvalue weighted by Crippen LogP contribution is 2.45. The molecule has 98 heavy (non-hydrogen) atoms. The third-order valence-corrected chi connectivity index (χ3v) is 20.6. The summed E-state index contributed by atoms with van der Waals surface area (Å²) in [5.74, 6) is 0.285. The lowest BCUT2D eigenvalue weighted by molar-refractivity contribution is -0.161. The van der Waals surface area contributed by atoms with Crippen LogP contribution < -0.4 is 0 Å². The average molecular weight is 1440 g/mol. The van der Waals surface area contributed by atoms with Crippen molar-refractivity contribution < 1.29 is 80.2 Å². The Balaban J connectivity index is 5.25. The molecule has 0 rings (SSSR count). The molecule has 0 spiro atoms. The van der Waals surface area contributed by atoms with Crippen molar-refractivity contribution in [1.82, 2.24) is 0 Å². The molecule has 0 bridgehead atoms. The molecule has 0 fully saturated rings. The average Bonchev–Trinajstić information content (AvgIpc) is 0.959. The monoisotopic (exact) mass is 1440 g/mol. The number of carbonyl (C=O) groups is 4. The summed E-state index contributed by atoms with van der Waals surface area (Å²) in [7, 11) is -9.92. The molecule has 0 saturated carbocycles. The standard InChI is InChI=1S/C79H154O17P2/c1-8-10-11-12-13-14-32-39-46-53-60-76(81)89-66-74(96-79(84)63-56-49-42-35-28-27-31-38-45-52-59-72(7)9-2)68-93-97(85,86)91-64-73(80)65-92-98(87,88)94-69-75(95-78(83)62-55-48-41-34-26-22-18-16-20-24-30-37-44-51-58-71(5)6)67-90-77(82)61-54-47-40-33-25-21-17-15-19-23-29-36-43-50-57-70(3)4/h70-75,80H,8-69H2,1-7H3,(H,85,86)(H,87,88)/t72?,73-,74+,75+/m0/s1. The van der Waals surface area contributed by atoms with Gasteiger partial charge >= 0.3 is 39.5 Å². The van der Waals surface area contributed by atoms with E-state index in [0.29, 0.717) is 25.7 Å². The zero-order valence-electron chi connectivity index (χ0n) is 64.3. The van der Waals surface area contributed by atoms with E-state index in [1.165, 1.54) is 218 Å². The van der Waals surface area contributed by atoms with Crippen LogP contribution >= 0.6 is 15.6 Å². The lowest BCUT2D eigenvalue weighted by atomic mass is 9.99. The third kappa shape index (κ3) is 71.1. The van der Waals surface area contributed by atoms with E-state index in [2.05, 4.69) is 48.5 Å². The van der Waals surface area contributed by atoms with Gasteiger partial charge in [-0.3, -0.25) is 37.3 Å². The first-order valence-corrected chi connectivity index (χ1v) is 43.9. The molecule has 0 aliphatic carbocycles. The largest absolute Gasteiger partial charge is 0.472 e. The van der Waals surface area contributed by atoms with Crippen molar-refractivity contribution in [3.63, 3.8) is 0 Å². The first-order valence-electron chi connectivity index (χ1n) is 40.9. The van der Waals surface area contributed by atoms with E-state index in [1.807, 2.05) is 0 Å². The van der Waals surface area contributed by atoms with Crippen molar-refractivity contribution in [1.29, 1.82) is 0 Å². The molecule has 0 aromatic carbocycles. The Morgan fingerprint density at radius 3 is 0.776 bits per heavy atom. The van der Waals surface area contributed by atoms with Gasteiger partial charge in [-0.2, -0.15) is 0 Å². The van der Waals surface area contributed by atoms with Crippen LogP contribution in [0.2, 0.25) is 0 Å². The van der Waals surface area contributed by atoms with Crippen LogP contribution in [0.15, 0.2) is 0 Å². The quantitative estimate of drug-likeness (QED) is 0.0222. The van der Waals surface area contributed by atoms with Crippen LogP contribution in [0.25, 0.3) is 0 Å². The number of phosphoric acid groups is 2. The van der Waals surface area contributed by atoms with E-state index >= 15 is 0 Å². The zero-order valence-corrected chi connectivity index (χ0v) is 66.0. The van der Waals surface area contributed by atoms with E-state index in [9.17, 15) is 43.2 Å². The minimum absolute atomic E-state index is 0.106. The number of ether oxygens (including phenoxy) is 4. The number of phosphoric ester groups is 2. The van der Waals surface area contributed by atoms with Crippen LogP contribution in [0.3, 0.4) is 0 Å². The first-order chi connectivity index (χ1) is 47.3. The number of unbranched alkanes of at least 4 members (excludes halogenated alkanes) is 44. The molecule has 582 valence electrons. The normalized spacial score (nSPS) is 14.3. The van der Waals surface area contributed by atoms with Crippen molar-refractivity contribution in [2.24, 2.45) is 17.8 Å². The Hall–Kier alpha value is -1.94. The molecule has 0 radical (unpaired) electrons. The molecule has 19 heteroatoms. The summed E-state index contributed by atoms with van der Waals surface area (Å²) in [5.41, 5.74) is 0. The highest BCUT2D eigenvalue weighted by Gasteiger charge is 2.30. The Labute approximate surface area is 600 Å². The maximum Gasteiger partial charge on any atom is 0.472 e. The molecule has 0 aromatic rings. The Bertz CT molecular complexity index is 1910. The smallest absolute Gasteiger partial charge is 0.462 e. The highest BCUT2D eigenvalue weighted by molar-refractivity contribution is 7.47. The van der Waals surface area contributed by atoms with Crippen molar-refractivity contribution in [2.45, 2.75) is 426 Å². The van der Waals surface area contributed by atoms with Crippen molar-refractivity contribution >= 4 is 39.5 Å². The first kappa shape index (κ1) is 96.1. The maximum absolute atomic E-state index is 13.1. The molecule has 3 N–H and O–H groups in total. The summed E-state index contributed by atoms with van der Waals surface area (Å²) in [6, 6.07) is 0. The van der Waals surface area contributed by atoms with Gasteiger partial charge in [-0.15, -0.1) is 0 Å². The molecular weight excluding hydrogens is 1280 g/mol. The second-order valence-electron chi connectivity index (χ2n) is 29.6. The number of carbonyl (C=O) groups excluding carboxylic acids is 4. The van der Waals surface area contributed by atoms with Gasteiger partial charge in [0.25, 0.3) is 0 Å². The molecule has 0 aromatic heterocycles. The lowest BCUT2D eigenvalue weighted by Gasteiger charge is -2.21. The SMILES string of the molecule is CCCCCCCCCCCCC(=O)OC[C@H](COP(=O)(O)OC[C@H](O)COP(=O)(O)OC[C@@H](COC(=O)CCCCCCCCCCCCCCCCC(C)C)OC(=O)CCCCCCCCCCCCCCCCC(C)C)OC(=O)CCCCCCCCCCCCC(C)CC. The Kier molecular flexibility index (Phi) is 68.1. The topological polar surface area (TPSA) is 237 Å². The van der Waals surface area contributed by atoms with Gasteiger partial charge < -0.3 is 33.8 Å². The molecule has 6 atom stereocenters. The van der Waals surface area contributed by atoms with Crippen LogP contribution in [0.5, 0.6) is 0 Å². The van der Waals surface area contributed by atoms with E-state index < -0.39 is 97.5 Å².